The fourth-order valence-corrected chi connectivity index (χ4v) is 5.12. The van der Waals surface area contributed by atoms with E-state index >= 15 is 0 Å². The van der Waals surface area contributed by atoms with Gasteiger partial charge in [-0.05, 0) is 67.8 Å². The van der Waals surface area contributed by atoms with E-state index in [0.717, 1.165) is 27.5 Å². The number of carbonyl (C=O) groups excluding carboxylic acids is 1. The molecular formula is C30H24FN5O3. The lowest BCUT2D eigenvalue weighted by Crippen LogP contribution is -2.19. The van der Waals surface area contributed by atoms with E-state index in [-0.39, 0.29) is 11.1 Å². The summed E-state index contributed by atoms with van der Waals surface area (Å²) in [6.45, 7) is 5.21. The fourth-order valence-electron chi connectivity index (χ4n) is 5.12. The van der Waals surface area contributed by atoms with E-state index in [2.05, 4.69) is 15.0 Å². The maximum Gasteiger partial charge on any atom is 0.265 e. The Morgan fingerprint density at radius 1 is 1.05 bits per heavy atom. The smallest absolute Gasteiger partial charge is 0.265 e. The molecule has 0 spiro atoms. The molecule has 0 radical (unpaired) electrons. The van der Waals surface area contributed by atoms with Crippen molar-refractivity contribution in [1.29, 1.82) is 0 Å². The Bertz CT molecular complexity index is 2040. The third-order valence-corrected chi connectivity index (χ3v) is 7.11. The first-order valence-electron chi connectivity index (χ1n) is 12.3. The van der Waals surface area contributed by atoms with E-state index in [1.165, 1.54) is 29.1 Å². The second-order valence-electron chi connectivity index (χ2n) is 10.1. The standard InChI is InChI=1S/C30H24FN5O3/c1-15-17(5-4-6-24(15)36-14-34-22-11-16(31)7-8-19(22)29(36)38)18-9-10-20(28(32)37)27-26(18)21-12-25(30(2,3)39)33-13-23(21)35-27/h4-14,35,39H,1-3H3,(H2,32,37). The van der Waals surface area contributed by atoms with E-state index in [1.54, 1.807) is 32.2 Å². The molecule has 3 aromatic heterocycles. The van der Waals surface area contributed by atoms with E-state index in [4.69, 9.17) is 5.73 Å². The lowest BCUT2D eigenvalue weighted by molar-refractivity contribution is 0.0740. The quantitative estimate of drug-likeness (QED) is 0.306. The summed E-state index contributed by atoms with van der Waals surface area (Å²) in [5, 5.41) is 12.4. The molecule has 0 saturated heterocycles. The highest BCUT2D eigenvalue weighted by Gasteiger charge is 2.23. The number of aliphatic hydroxyl groups is 1. The van der Waals surface area contributed by atoms with Crippen molar-refractivity contribution in [2.75, 3.05) is 0 Å². The molecule has 6 aromatic rings. The second kappa shape index (κ2) is 8.57. The van der Waals surface area contributed by atoms with Crippen LogP contribution in [0.25, 0.3) is 49.5 Å². The van der Waals surface area contributed by atoms with Gasteiger partial charge in [-0.15, -0.1) is 0 Å². The van der Waals surface area contributed by atoms with Crippen molar-refractivity contribution in [2.24, 2.45) is 5.73 Å². The highest BCUT2D eigenvalue weighted by Crippen LogP contribution is 2.39. The van der Waals surface area contributed by atoms with Crippen LogP contribution >= 0.6 is 0 Å². The zero-order valence-corrected chi connectivity index (χ0v) is 21.4. The number of nitrogens with zero attached hydrogens (tertiary/aromatic N) is 3. The number of H-pyrrole nitrogens is 1. The lowest BCUT2D eigenvalue weighted by atomic mass is 9.92. The van der Waals surface area contributed by atoms with Gasteiger partial charge in [0.2, 0.25) is 0 Å². The summed E-state index contributed by atoms with van der Waals surface area (Å²) in [7, 11) is 0. The molecular weight excluding hydrogens is 497 g/mol. The van der Waals surface area contributed by atoms with Crippen LogP contribution in [0.3, 0.4) is 0 Å². The molecule has 3 aromatic carbocycles. The molecule has 194 valence electrons. The van der Waals surface area contributed by atoms with Crippen LogP contribution in [0, 0.1) is 12.7 Å². The molecule has 4 N–H and O–H groups in total. The number of primary amides is 1. The predicted molar refractivity (Wildman–Crippen MR) is 148 cm³/mol. The van der Waals surface area contributed by atoms with Crippen LogP contribution < -0.4 is 11.3 Å². The topological polar surface area (TPSA) is 127 Å². The molecule has 0 fully saturated rings. The molecule has 39 heavy (non-hydrogen) atoms. The Morgan fingerprint density at radius 3 is 2.59 bits per heavy atom. The first-order valence-corrected chi connectivity index (χ1v) is 12.3. The number of aromatic amines is 1. The van der Waals surface area contributed by atoms with Gasteiger partial charge >= 0.3 is 0 Å². The second-order valence-corrected chi connectivity index (χ2v) is 10.1. The van der Waals surface area contributed by atoms with E-state index in [0.29, 0.717) is 33.4 Å². The van der Waals surface area contributed by atoms with Crippen LogP contribution in [0.1, 0.15) is 35.5 Å². The molecule has 0 bridgehead atoms. The van der Waals surface area contributed by atoms with Gasteiger partial charge in [-0.3, -0.25) is 19.1 Å². The van der Waals surface area contributed by atoms with Crippen LogP contribution in [0.4, 0.5) is 4.39 Å². The van der Waals surface area contributed by atoms with Crippen molar-refractivity contribution in [2.45, 2.75) is 26.4 Å². The monoisotopic (exact) mass is 521 g/mol. The average molecular weight is 522 g/mol. The molecule has 0 atom stereocenters. The van der Waals surface area contributed by atoms with Gasteiger partial charge in [0.15, 0.2) is 0 Å². The minimum atomic E-state index is -1.18. The molecule has 0 saturated carbocycles. The van der Waals surface area contributed by atoms with Crippen LogP contribution in [0.5, 0.6) is 0 Å². The molecule has 6 rings (SSSR count). The van der Waals surface area contributed by atoms with Gasteiger partial charge in [-0.25, -0.2) is 9.37 Å². The Labute approximate surface area is 221 Å². The van der Waals surface area contributed by atoms with Gasteiger partial charge < -0.3 is 15.8 Å². The number of benzene rings is 3. The molecule has 9 heteroatoms. The molecule has 0 aliphatic heterocycles. The minimum absolute atomic E-state index is 0.281. The Kier molecular flexibility index (Phi) is 5.37. The highest BCUT2D eigenvalue weighted by molar-refractivity contribution is 6.20. The van der Waals surface area contributed by atoms with Crippen LogP contribution in [-0.2, 0) is 5.60 Å². The number of halogens is 1. The molecule has 0 unspecified atom stereocenters. The summed E-state index contributed by atoms with van der Waals surface area (Å²) in [4.78, 5) is 37.6. The van der Waals surface area contributed by atoms with Crippen LogP contribution in [0.2, 0.25) is 0 Å². The van der Waals surface area contributed by atoms with E-state index < -0.39 is 17.3 Å². The van der Waals surface area contributed by atoms with Crippen molar-refractivity contribution < 1.29 is 14.3 Å². The molecule has 1 amide bonds. The van der Waals surface area contributed by atoms with Crippen molar-refractivity contribution in [3.63, 3.8) is 0 Å². The SMILES string of the molecule is Cc1c(-c2ccc(C(N)=O)c3[nH]c4cnc(C(C)(C)O)cc4c23)cccc1-n1cnc2cc(F)ccc2c1=O. The molecule has 8 nitrogen and oxygen atoms in total. The number of hydrogen-bond acceptors (Lipinski definition) is 5. The van der Waals surface area contributed by atoms with E-state index in [9.17, 15) is 19.1 Å². The normalized spacial score (nSPS) is 12.0. The summed E-state index contributed by atoms with van der Waals surface area (Å²) in [5.74, 6) is -1.04. The van der Waals surface area contributed by atoms with Crippen LogP contribution in [-0.4, -0.2) is 30.5 Å². The highest BCUT2D eigenvalue weighted by atomic mass is 19.1. The maximum atomic E-state index is 13.7. The Balaban J connectivity index is 1.64. The van der Waals surface area contributed by atoms with Crippen molar-refractivity contribution >= 4 is 38.6 Å². The maximum absolute atomic E-state index is 13.7. The molecule has 0 aliphatic rings. The Morgan fingerprint density at radius 2 is 1.85 bits per heavy atom. The minimum Gasteiger partial charge on any atom is -0.384 e. The number of nitrogens with two attached hydrogens (primary N) is 1. The van der Waals surface area contributed by atoms with Gasteiger partial charge in [0, 0.05) is 16.8 Å². The zero-order valence-electron chi connectivity index (χ0n) is 21.4. The summed E-state index contributed by atoms with van der Waals surface area (Å²) in [6.07, 6.45) is 3.03. The number of aromatic nitrogens is 4. The fraction of sp³-hybridized carbons (Fsp3) is 0.133. The van der Waals surface area contributed by atoms with Gasteiger partial charge in [0.1, 0.15) is 17.7 Å². The predicted octanol–water partition coefficient (Wildman–Crippen LogP) is 4.86. The third-order valence-electron chi connectivity index (χ3n) is 7.11. The number of amides is 1. The van der Waals surface area contributed by atoms with Gasteiger partial charge in [-0.2, -0.15) is 0 Å². The number of hydrogen-bond donors (Lipinski definition) is 3. The van der Waals surface area contributed by atoms with Crippen molar-refractivity contribution in [1.82, 2.24) is 19.5 Å². The number of fused-ring (bicyclic) bond motifs is 4. The van der Waals surface area contributed by atoms with Crippen LogP contribution in [0.15, 0.2) is 71.9 Å². The molecule has 0 aliphatic carbocycles. The number of pyridine rings is 1. The van der Waals surface area contributed by atoms with Gasteiger partial charge in [0.05, 0.1) is 45.1 Å². The van der Waals surface area contributed by atoms with Gasteiger partial charge in [-0.1, -0.05) is 18.2 Å². The van der Waals surface area contributed by atoms with Gasteiger partial charge in [0.25, 0.3) is 11.5 Å². The van der Waals surface area contributed by atoms with Crippen molar-refractivity contribution in [3.8, 4) is 16.8 Å². The first-order chi connectivity index (χ1) is 18.5. The summed E-state index contributed by atoms with van der Waals surface area (Å²) in [5.41, 5.74) is 9.56. The number of nitrogens with one attached hydrogen (secondary N) is 1. The van der Waals surface area contributed by atoms with Crippen molar-refractivity contribution in [3.05, 3.63) is 100 Å². The average Bonchev–Trinajstić information content (AvgIpc) is 3.27. The molecule has 3 heterocycles. The summed E-state index contributed by atoms with van der Waals surface area (Å²) in [6, 6.07) is 14.8. The first kappa shape index (κ1) is 24.4. The summed E-state index contributed by atoms with van der Waals surface area (Å²) < 4.78 is 15.1. The largest absolute Gasteiger partial charge is 0.384 e. The van der Waals surface area contributed by atoms with E-state index in [1.807, 2.05) is 31.2 Å². The third kappa shape index (κ3) is 3.86. The Hall–Kier alpha value is -4.89. The summed E-state index contributed by atoms with van der Waals surface area (Å²) >= 11 is 0. The number of carbonyl (C=O) groups is 1. The lowest BCUT2D eigenvalue weighted by Gasteiger charge is -2.17. The zero-order chi connectivity index (χ0) is 27.6. The number of rotatable bonds is 4.